The Hall–Kier alpha value is -2.30. The Bertz CT molecular complexity index is 579. The summed E-state index contributed by atoms with van der Waals surface area (Å²) in [5, 5.41) is 13.2. The van der Waals surface area contributed by atoms with Crippen molar-refractivity contribution in [3.63, 3.8) is 0 Å². The van der Waals surface area contributed by atoms with Gasteiger partial charge in [-0.2, -0.15) is 0 Å². The number of rotatable bonds is 2. The highest BCUT2D eigenvalue weighted by Gasteiger charge is 2.32. The van der Waals surface area contributed by atoms with Gasteiger partial charge in [0.1, 0.15) is 5.69 Å². The molecule has 2 aromatic rings. The molecule has 1 aliphatic rings. The lowest BCUT2D eigenvalue weighted by Gasteiger charge is -2.18. The first-order chi connectivity index (χ1) is 9.25. The van der Waals surface area contributed by atoms with Gasteiger partial charge in [0.15, 0.2) is 5.76 Å². The summed E-state index contributed by atoms with van der Waals surface area (Å²) in [6.45, 7) is 0.563. The molecule has 19 heavy (non-hydrogen) atoms. The quantitative estimate of drug-likeness (QED) is 0.898. The molecular weight excluding hydrogens is 244 g/mol. The maximum absolute atomic E-state index is 11.1. The lowest BCUT2D eigenvalue weighted by Crippen LogP contribution is -2.28. The van der Waals surface area contributed by atoms with Crippen LogP contribution in [-0.4, -0.2) is 27.8 Å². The maximum atomic E-state index is 11.1. The fourth-order valence-electron chi connectivity index (χ4n) is 2.49. The smallest absolute Gasteiger partial charge is 0.407 e. The molecule has 0 aliphatic carbocycles. The van der Waals surface area contributed by atoms with E-state index in [9.17, 15) is 4.79 Å². The zero-order chi connectivity index (χ0) is 13.2. The number of hydrogen-bond donors (Lipinski definition) is 1. The Labute approximate surface area is 110 Å². The van der Waals surface area contributed by atoms with Crippen LogP contribution in [0.1, 0.15) is 24.6 Å². The molecule has 0 unspecified atom stereocenters. The highest BCUT2D eigenvalue weighted by molar-refractivity contribution is 5.66. The number of nitrogens with zero attached hydrogens (tertiary/aromatic N) is 2. The fourth-order valence-corrected chi connectivity index (χ4v) is 2.49. The van der Waals surface area contributed by atoms with E-state index >= 15 is 0 Å². The molecule has 1 N–H and O–H groups in total. The molecule has 3 rings (SSSR count). The molecule has 1 aromatic carbocycles. The summed E-state index contributed by atoms with van der Waals surface area (Å²) in [5.41, 5.74) is 1.64. The van der Waals surface area contributed by atoms with Crippen molar-refractivity contribution in [2.75, 3.05) is 6.54 Å². The largest absolute Gasteiger partial charge is 0.465 e. The van der Waals surface area contributed by atoms with Crippen molar-refractivity contribution in [2.24, 2.45) is 0 Å². The Morgan fingerprint density at radius 2 is 2.16 bits per heavy atom. The van der Waals surface area contributed by atoms with Gasteiger partial charge in [-0.05, 0) is 12.8 Å². The molecule has 2 heterocycles. The molecule has 0 radical (unpaired) electrons. The molecular formula is C14H14N2O3. The van der Waals surface area contributed by atoms with Crippen LogP contribution in [0.15, 0.2) is 40.9 Å². The summed E-state index contributed by atoms with van der Waals surface area (Å²) in [6, 6.07) is 11.3. The second kappa shape index (κ2) is 4.76. The van der Waals surface area contributed by atoms with E-state index in [1.54, 1.807) is 0 Å². The molecule has 1 aliphatic heterocycles. The Morgan fingerprint density at radius 3 is 2.89 bits per heavy atom. The summed E-state index contributed by atoms with van der Waals surface area (Å²) >= 11 is 0. The second-order valence-electron chi connectivity index (χ2n) is 4.62. The van der Waals surface area contributed by atoms with Crippen LogP contribution < -0.4 is 0 Å². The molecule has 1 fully saturated rings. The average Bonchev–Trinajstić information content (AvgIpc) is 3.08. The van der Waals surface area contributed by atoms with Crippen molar-refractivity contribution >= 4 is 6.09 Å². The molecule has 98 valence electrons. The first-order valence-corrected chi connectivity index (χ1v) is 6.27. The lowest BCUT2D eigenvalue weighted by atomic mass is 10.1. The molecule has 1 saturated heterocycles. The first kappa shape index (κ1) is 11.8. The van der Waals surface area contributed by atoms with Crippen molar-refractivity contribution in [3.8, 4) is 11.3 Å². The number of aromatic nitrogens is 1. The van der Waals surface area contributed by atoms with E-state index in [0.717, 1.165) is 18.4 Å². The minimum absolute atomic E-state index is 0.182. The zero-order valence-electron chi connectivity index (χ0n) is 10.3. The summed E-state index contributed by atoms with van der Waals surface area (Å²) in [7, 11) is 0. The zero-order valence-corrected chi connectivity index (χ0v) is 10.3. The lowest BCUT2D eigenvalue weighted by molar-refractivity contribution is 0.138. The summed E-state index contributed by atoms with van der Waals surface area (Å²) < 4.78 is 5.32. The minimum atomic E-state index is -0.897. The van der Waals surface area contributed by atoms with Crippen molar-refractivity contribution < 1.29 is 14.4 Å². The number of hydrogen-bond acceptors (Lipinski definition) is 3. The normalized spacial score (nSPS) is 18.7. The van der Waals surface area contributed by atoms with E-state index in [2.05, 4.69) is 5.16 Å². The van der Waals surface area contributed by atoms with Gasteiger partial charge in [0, 0.05) is 18.2 Å². The molecule has 1 amide bonds. The minimum Gasteiger partial charge on any atom is -0.465 e. The number of carboxylic acid groups (broad SMARTS) is 1. The van der Waals surface area contributed by atoms with Crippen LogP contribution in [0.5, 0.6) is 0 Å². The van der Waals surface area contributed by atoms with Crippen LogP contribution in [0.3, 0.4) is 0 Å². The molecule has 0 spiro atoms. The standard InChI is InChI=1S/C14H14N2O3/c17-14(18)16-8-4-7-12(16)11-9-13(19-15-11)10-5-2-1-3-6-10/h1-3,5-6,9,12H,4,7-8H2,(H,17,18)/t12-/m0/s1. The number of carbonyl (C=O) groups is 1. The van der Waals surface area contributed by atoms with Crippen molar-refractivity contribution in [2.45, 2.75) is 18.9 Å². The topological polar surface area (TPSA) is 66.6 Å². The molecule has 0 saturated carbocycles. The Kier molecular flexibility index (Phi) is 2.95. The van der Waals surface area contributed by atoms with E-state index in [4.69, 9.17) is 9.63 Å². The van der Waals surface area contributed by atoms with Crippen LogP contribution in [0.2, 0.25) is 0 Å². The van der Waals surface area contributed by atoms with Gasteiger partial charge in [0.05, 0.1) is 6.04 Å². The van der Waals surface area contributed by atoms with Crippen LogP contribution in [0, 0.1) is 0 Å². The highest BCUT2D eigenvalue weighted by atomic mass is 16.5. The molecule has 1 atom stereocenters. The first-order valence-electron chi connectivity index (χ1n) is 6.27. The van der Waals surface area contributed by atoms with Gasteiger partial charge in [-0.25, -0.2) is 4.79 Å². The monoisotopic (exact) mass is 258 g/mol. The molecule has 5 heteroatoms. The van der Waals surface area contributed by atoms with Gasteiger partial charge in [0.2, 0.25) is 0 Å². The van der Waals surface area contributed by atoms with E-state index in [1.807, 2.05) is 36.4 Å². The van der Waals surface area contributed by atoms with E-state index in [1.165, 1.54) is 4.90 Å². The second-order valence-corrected chi connectivity index (χ2v) is 4.62. The molecule has 5 nitrogen and oxygen atoms in total. The number of benzene rings is 1. The highest BCUT2D eigenvalue weighted by Crippen LogP contribution is 2.33. The summed E-state index contributed by atoms with van der Waals surface area (Å²) in [5.74, 6) is 0.674. The average molecular weight is 258 g/mol. The molecule has 0 bridgehead atoms. The van der Waals surface area contributed by atoms with Crippen molar-refractivity contribution in [1.29, 1.82) is 0 Å². The predicted molar refractivity (Wildman–Crippen MR) is 68.6 cm³/mol. The summed E-state index contributed by atoms with van der Waals surface area (Å²) in [4.78, 5) is 12.6. The maximum Gasteiger partial charge on any atom is 0.407 e. The van der Waals surface area contributed by atoms with Gasteiger partial charge in [-0.3, -0.25) is 4.90 Å². The van der Waals surface area contributed by atoms with Gasteiger partial charge in [-0.15, -0.1) is 0 Å². The van der Waals surface area contributed by atoms with Crippen molar-refractivity contribution in [3.05, 3.63) is 42.1 Å². The van der Waals surface area contributed by atoms with E-state index < -0.39 is 6.09 Å². The van der Waals surface area contributed by atoms with Crippen LogP contribution in [0.25, 0.3) is 11.3 Å². The van der Waals surface area contributed by atoms with Gasteiger partial charge < -0.3 is 9.63 Å². The third-order valence-corrected chi connectivity index (χ3v) is 3.43. The SMILES string of the molecule is O=C(O)N1CCC[C@H]1c1cc(-c2ccccc2)on1. The third kappa shape index (κ3) is 2.19. The molecule has 1 aromatic heterocycles. The van der Waals surface area contributed by atoms with E-state index in [0.29, 0.717) is 18.0 Å². The Balaban J connectivity index is 1.87. The van der Waals surface area contributed by atoms with Crippen molar-refractivity contribution in [1.82, 2.24) is 10.1 Å². The number of amides is 1. The predicted octanol–water partition coefficient (Wildman–Crippen LogP) is 3.16. The van der Waals surface area contributed by atoms with Gasteiger partial charge in [-0.1, -0.05) is 35.5 Å². The fraction of sp³-hybridized carbons (Fsp3) is 0.286. The number of likely N-dealkylation sites (tertiary alicyclic amines) is 1. The van der Waals surface area contributed by atoms with Crippen LogP contribution in [-0.2, 0) is 0 Å². The van der Waals surface area contributed by atoms with Gasteiger partial charge in [0.25, 0.3) is 0 Å². The van der Waals surface area contributed by atoms with E-state index in [-0.39, 0.29) is 6.04 Å². The third-order valence-electron chi connectivity index (χ3n) is 3.43. The van der Waals surface area contributed by atoms with Gasteiger partial charge >= 0.3 is 6.09 Å². The Morgan fingerprint density at radius 1 is 1.37 bits per heavy atom. The van der Waals surface area contributed by atoms with Crippen LogP contribution in [0.4, 0.5) is 4.79 Å². The van der Waals surface area contributed by atoms with Crippen LogP contribution >= 0.6 is 0 Å². The summed E-state index contributed by atoms with van der Waals surface area (Å²) in [6.07, 6.45) is 0.768.